The Bertz CT molecular complexity index is 1100. The average molecular weight is 425 g/mol. The molecule has 2 heterocycles. The highest BCUT2D eigenvalue weighted by Crippen LogP contribution is 2.32. The minimum Gasteiger partial charge on any atom is -0.492 e. The van der Waals surface area contributed by atoms with Crippen molar-refractivity contribution >= 4 is 29.1 Å². The predicted octanol–water partition coefficient (Wildman–Crippen LogP) is 2.76. The second kappa shape index (κ2) is 8.54. The number of anilines is 1. The lowest BCUT2D eigenvalue weighted by Crippen LogP contribution is -2.25. The highest BCUT2D eigenvalue weighted by atomic mass is 32.2. The zero-order valence-electron chi connectivity index (χ0n) is 16.4. The van der Waals surface area contributed by atoms with Crippen LogP contribution in [0.3, 0.4) is 0 Å². The molecule has 0 saturated heterocycles. The number of thioether (sulfide) groups is 1. The van der Waals surface area contributed by atoms with E-state index in [-0.39, 0.29) is 18.3 Å². The fourth-order valence-corrected chi connectivity index (χ4v) is 3.87. The van der Waals surface area contributed by atoms with Crippen molar-refractivity contribution in [3.05, 3.63) is 48.0 Å². The van der Waals surface area contributed by atoms with Crippen LogP contribution in [0.25, 0.3) is 5.69 Å². The fourth-order valence-electron chi connectivity index (χ4n) is 3.00. The summed E-state index contributed by atoms with van der Waals surface area (Å²) in [4.78, 5) is 24.5. The first-order chi connectivity index (χ1) is 14.6. The van der Waals surface area contributed by atoms with E-state index in [4.69, 9.17) is 9.47 Å². The van der Waals surface area contributed by atoms with Crippen molar-refractivity contribution < 1.29 is 19.1 Å². The smallest absolute Gasteiger partial charge is 0.262 e. The van der Waals surface area contributed by atoms with Gasteiger partial charge in [-0.1, -0.05) is 23.9 Å². The average Bonchev–Trinajstić information content (AvgIpc) is 3.21. The maximum Gasteiger partial charge on any atom is 0.262 e. The topological polar surface area (TPSA) is 108 Å². The molecule has 1 aliphatic rings. The molecule has 4 rings (SSSR count). The highest BCUT2D eigenvalue weighted by molar-refractivity contribution is 8.00. The van der Waals surface area contributed by atoms with Crippen LogP contribution in [0.2, 0.25) is 0 Å². The van der Waals surface area contributed by atoms with Gasteiger partial charge in [0.1, 0.15) is 17.2 Å². The third-order valence-corrected chi connectivity index (χ3v) is 5.42. The van der Waals surface area contributed by atoms with Crippen molar-refractivity contribution in [3.63, 3.8) is 0 Å². The van der Waals surface area contributed by atoms with E-state index >= 15 is 0 Å². The third-order valence-electron chi connectivity index (χ3n) is 4.38. The van der Waals surface area contributed by atoms with E-state index in [1.807, 2.05) is 31.2 Å². The molecule has 3 aromatic rings. The van der Waals surface area contributed by atoms with E-state index in [0.29, 0.717) is 40.2 Å². The van der Waals surface area contributed by atoms with Crippen molar-refractivity contribution in [2.45, 2.75) is 24.3 Å². The van der Waals surface area contributed by atoms with Crippen molar-refractivity contribution in [1.82, 2.24) is 20.2 Å². The molecular formula is C20H19N5O4S. The number of carbonyl (C=O) groups is 2. The molecule has 10 heteroatoms. The summed E-state index contributed by atoms with van der Waals surface area (Å²) in [5, 5.41) is 14.6. The molecule has 1 aromatic heterocycles. The molecule has 1 amide bonds. The minimum atomic E-state index is -0.465. The Kier molecular flexibility index (Phi) is 5.66. The quantitative estimate of drug-likeness (QED) is 0.455. The number of para-hydroxylation sites is 2. The van der Waals surface area contributed by atoms with Crippen molar-refractivity contribution in [2.75, 3.05) is 18.5 Å². The SMILES string of the molecule is CCOc1ccccc1-n1nnnc1SC(C)C(=O)c1ccc2c(c1)NC(=O)CO2. The van der Waals surface area contributed by atoms with Gasteiger partial charge in [0.05, 0.1) is 17.5 Å². The van der Waals surface area contributed by atoms with Crippen molar-refractivity contribution in [1.29, 1.82) is 0 Å². The maximum absolute atomic E-state index is 13.0. The van der Waals surface area contributed by atoms with Crippen molar-refractivity contribution in [2.24, 2.45) is 0 Å². The molecule has 1 aliphatic heterocycles. The Morgan fingerprint density at radius 1 is 1.33 bits per heavy atom. The van der Waals surface area contributed by atoms with Gasteiger partial charge in [-0.05, 0) is 54.6 Å². The van der Waals surface area contributed by atoms with Gasteiger partial charge in [0.15, 0.2) is 12.4 Å². The summed E-state index contributed by atoms with van der Waals surface area (Å²) in [5.41, 5.74) is 1.65. The van der Waals surface area contributed by atoms with E-state index in [1.54, 1.807) is 29.8 Å². The number of rotatable bonds is 7. The van der Waals surface area contributed by atoms with E-state index in [0.717, 1.165) is 0 Å². The number of hydrogen-bond acceptors (Lipinski definition) is 8. The number of carbonyl (C=O) groups excluding carboxylic acids is 2. The number of nitrogens with zero attached hydrogens (tertiary/aromatic N) is 4. The van der Waals surface area contributed by atoms with Gasteiger partial charge in [0.2, 0.25) is 5.16 Å². The van der Waals surface area contributed by atoms with Crippen LogP contribution in [0.15, 0.2) is 47.6 Å². The molecule has 1 unspecified atom stereocenters. The summed E-state index contributed by atoms with van der Waals surface area (Å²) >= 11 is 1.24. The monoisotopic (exact) mass is 425 g/mol. The van der Waals surface area contributed by atoms with E-state index in [9.17, 15) is 9.59 Å². The minimum absolute atomic E-state index is 0.0293. The Hall–Kier alpha value is -3.40. The zero-order chi connectivity index (χ0) is 21.1. The molecule has 30 heavy (non-hydrogen) atoms. The van der Waals surface area contributed by atoms with Gasteiger partial charge < -0.3 is 14.8 Å². The number of nitrogens with one attached hydrogen (secondary N) is 1. The molecule has 0 radical (unpaired) electrons. The molecule has 0 spiro atoms. The number of fused-ring (bicyclic) bond motifs is 1. The van der Waals surface area contributed by atoms with Crippen LogP contribution in [0.1, 0.15) is 24.2 Å². The summed E-state index contributed by atoms with van der Waals surface area (Å²) in [6, 6.07) is 12.4. The molecule has 0 saturated carbocycles. The normalized spacial score (nSPS) is 13.7. The molecule has 9 nitrogen and oxygen atoms in total. The van der Waals surface area contributed by atoms with Crippen LogP contribution in [0, 0.1) is 0 Å². The number of ketones is 1. The van der Waals surface area contributed by atoms with Gasteiger partial charge in [-0.25, -0.2) is 0 Å². The van der Waals surface area contributed by atoms with Crippen LogP contribution in [0.5, 0.6) is 11.5 Å². The Balaban J connectivity index is 1.55. The van der Waals surface area contributed by atoms with Gasteiger partial charge in [-0.15, -0.1) is 5.10 Å². The number of ether oxygens (including phenoxy) is 2. The van der Waals surface area contributed by atoms with Gasteiger partial charge in [-0.2, -0.15) is 4.68 Å². The third kappa shape index (κ3) is 3.99. The second-order valence-corrected chi connectivity index (χ2v) is 7.75. The summed E-state index contributed by atoms with van der Waals surface area (Å²) in [7, 11) is 0. The van der Waals surface area contributed by atoms with Crippen LogP contribution in [-0.4, -0.2) is 50.4 Å². The Morgan fingerprint density at radius 3 is 3.00 bits per heavy atom. The predicted molar refractivity (Wildman–Crippen MR) is 111 cm³/mol. The first-order valence-electron chi connectivity index (χ1n) is 9.35. The first kappa shape index (κ1) is 19.9. The molecule has 1 N–H and O–H groups in total. The number of tetrazole rings is 1. The van der Waals surface area contributed by atoms with E-state index in [2.05, 4.69) is 20.8 Å². The van der Waals surface area contributed by atoms with Crippen LogP contribution in [0.4, 0.5) is 5.69 Å². The van der Waals surface area contributed by atoms with Gasteiger partial charge >= 0.3 is 0 Å². The fraction of sp³-hybridized carbons (Fsp3) is 0.250. The van der Waals surface area contributed by atoms with E-state index < -0.39 is 5.25 Å². The van der Waals surface area contributed by atoms with Gasteiger partial charge in [-0.3, -0.25) is 9.59 Å². The number of hydrogen-bond donors (Lipinski definition) is 1. The summed E-state index contributed by atoms with van der Waals surface area (Å²) in [6.07, 6.45) is 0. The van der Waals surface area contributed by atoms with Crippen LogP contribution < -0.4 is 14.8 Å². The van der Waals surface area contributed by atoms with E-state index in [1.165, 1.54) is 11.8 Å². The molecular weight excluding hydrogens is 406 g/mol. The molecule has 0 bridgehead atoms. The zero-order valence-corrected chi connectivity index (χ0v) is 17.2. The number of benzene rings is 2. The first-order valence-corrected chi connectivity index (χ1v) is 10.2. The molecule has 1 atom stereocenters. The van der Waals surface area contributed by atoms with Gasteiger partial charge in [0, 0.05) is 5.56 Å². The lowest BCUT2D eigenvalue weighted by atomic mass is 10.1. The van der Waals surface area contributed by atoms with Crippen LogP contribution >= 0.6 is 11.8 Å². The standard InChI is InChI=1S/C20H19N5O4S/c1-3-28-17-7-5-4-6-15(17)25-20(22-23-24-25)30-12(2)19(27)13-8-9-16-14(10-13)21-18(26)11-29-16/h4-10,12H,3,11H2,1-2H3,(H,21,26). The molecule has 0 fully saturated rings. The lowest BCUT2D eigenvalue weighted by molar-refractivity contribution is -0.118. The Morgan fingerprint density at radius 2 is 2.17 bits per heavy atom. The molecule has 0 aliphatic carbocycles. The second-order valence-electron chi connectivity index (χ2n) is 6.45. The Labute approximate surface area is 176 Å². The number of Topliss-reactive ketones (excluding diaryl/α,β-unsaturated/α-hetero) is 1. The maximum atomic E-state index is 13.0. The number of amides is 1. The largest absolute Gasteiger partial charge is 0.492 e. The van der Waals surface area contributed by atoms with Gasteiger partial charge in [0.25, 0.3) is 5.91 Å². The summed E-state index contributed by atoms with van der Waals surface area (Å²) in [6.45, 7) is 4.17. The molecule has 154 valence electrons. The summed E-state index contributed by atoms with van der Waals surface area (Å²) < 4.78 is 12.6. The number of aromatic nitrogens is 4. The molecule has 2 aromatic carbocycles. The highest BCUT2D eigenvalue weighted by Gasteiger charge is 2.24. The van der Waals surface area contributed by atoms with Crippen molar-refractivity contribution in [3.8, 4) is 17.2 Å². The lowest BCUT2D eigenvalue weighted by Gasteiger charge is -2.19. The van der Waals surface area contributed by atoms with Crippen LogP contribution in [-0.2, 0) is 4.79 Å². The summed E-state index contributed by atoms with van der Waals surface area (Å²) in [5.74, 6) is 0.832.